The van der Waals surface area contributed by atoms with Crippen molar-refractivity contribution in [2.24, 2.45) is 11.8 Å². The molecular formula is C11H19N. The van der Waals surface area contributed by atoms with Crippen molar-refractivity contribution in [1.82, 2.24) is 4.90 Å². The molecule has 0 radical (unpaired) electrons. The van der Waals surface area contributed by atoms with Gasteiger partial charge in [0.25, 0.3) is 0 Å². The molecule has 0 amide bonds. The third-order valence-corrected chi connectivity index (χ3v) is 3.20. The Labute approximate surface area is 75.4 Å². The molecule has 0 bridgehead atoms. The van der Waals surface area contributed by atoms with E-state index in [9.17, 15) is 0 Å². The van der Waals surface area contributed by atoms with Gasteiger partial charge < -0.3 is 4.90 Å². The summed E-state index contributed by atoms with van der Waals surface area (Å²) in [6, 6.07) is 0.744. The number of rotatable bonds is 2. The number of likely N-dealkylation sites (tertiary alicyclic amines) is 1. The molecule has 12 heavy (non-hydrogen) atoms. The first-order chi connectivity index (χ1) is 5.68. The second kappa shape index (κ2) is 2.79. The Kier molecular flexibility index (Phi) is 1.90. The molecule has 2 atom stereocenters. The van der Waals surface area contributed by atoms with Gasteiger partial charge in [-0.05, 0) is 38.0 Å². The van der Waals surface area contributed by atoms with E-state index in [1.807, 2.05) is 0 Å². The van der Waals surface area contributed by atoms with Gasteiger partial charge in [-0.25, -0.2) is 0 Å². The average Bonchev–Trinajstić information content (AvgIpc) is 2.77. The van der Waals surface area contributed by atoms with Crippen molar-refractivity contribution < 1.29 is 0 Å². The smallest absolute Gasteiger partial charge is 0.0261 e. The highest BCUT2D eigenvalue weighted by atomic mass is 15.2. The monoisotopic (exact) mass is 165 g/mol. The summed E-state index contributed by atoms with van der Waals surface area (Å²) in [5.74, 6) is 1.72. The van der Waals surface area contributed by atoms with Gasteiger partial charge in [-0.3, -0.25) is 0 Å². The van der Waals surface area contributed by atoms with Crippen molar-refractivity contribution in [3.63, 3.8) is 0 Å². The zero-order valence-corrected chi connectivity index (χ0v) is 8.21. The number of nitrogens with zero attached hydrogens (tertiary/aromatic N) is 1. The molecule has 0 aromatic carbocycles. The fourth-order valence-corrected chi connectivity index (χ4v) is 2.35. The van der Waals surface area contributed by atoms with Crippen LogP contribution in [0, 0.1) is 11.8 Å². The summed E-state index contributed by atoms with van der Waals surface area (Å²) in [4.78, 5) is 2.53. The zero-order valence-electron chi connectivity index (χ0n) is 8.21. The van der Waals surface area contributed by atoms with Gasteiger partial charge in [0.1, 0.15) is 0 Å². The summed E-state index contributed by atoms with van der Waals surface area (Å²) in [5, 5.41) is 0. The van der Waals surface area contributed by atoms with Crippen LogP contribution >= 0.6 is 0 Å². The molecule has 1 saturated carbocycles. The van der Waals surface area contributed by atoms with Crippen LogP contribution in [0.3, 0.4) is 0 Å². The molecule has 1 heteroatoms. The largest absolute Gasteiger partial charge is 0.372 e. The second-order valence-electron chi connectivity index (χ2n) is 4.61. The Morgan fingerprint density at radius 3 is 2.42 bits per heavy atom. The summed E-state index contributed by atoms with van der Waals surface area (Å²) >= 11 is 0. The molecule has 2 aliphatic rings. The standard InChI is InChI=1S/C11H19N/c1-8-6-9(2)12(7-8)10(3)11-4-5-11/h8-9,11H,3-7H2,1-2H3. The summed E-state index contributed by atoms with van der Waals surface area (Å²) in [6.45, 7) is 10.1. The fraction of sp³-hybridized carbons (Fsp3) is 0.818. The van der Waals surface area contributed by atoms with Gasteiger partial charge >= 0.3 is 0 Å². The molecule has 0 aromatic heterocycles. The maximum atomic E-state index is 4.21. The molecule has 2 rings (SSSR count). The highest BCUT2D eigenvalue weighted by molar-refractivity contribution is 5.09. The molecule has 0 aromatic rings. The van der Waals surface area contributed by atoms with Crippen molar-refractivity contribution in [1.29, 1.82) is 0 Å². The Balaban J connectivity index is 1.98. The van der Waals surface area contributed by atoms with E-state index in [0.717, 1.165) is 17.9 Å². The normalized spacial score (nSPS) is 35.7. The van der Waals surface area contributed by atoms with Crippen LogP contribution in [0.25, 0.3) is 0 Å². The summed E-state index contributed by atoms with van der Waals surface area (Å²) < 4.78 is 0. The molecular weight excluding hydrogens is 146 g/mol. The van der Waals surface area contributed by atoms with Crippen molar-refractivity contribution in [2.45, 2.75) is 39.2 Å². The first-order valence-corrected chi connectivity index (χ1v) is 5.14. The van der Waals surface area contributed by atoms with E-state index >= 15 is 0 Å². The van der Waals surface area contributed by atoms with Crippen LogP contribution in [0.15, 0.2) is 12.3 Å². The van der Waals surface area contributed by atoms with E-state index in [1.165, 1.54) is 31.5 Å². The lowest BCUT2D eigenvalue weighted by atomic mass is 10.1. The summed E-state index contributed by atoms with van der Waals surface area (Å²) in [5.41, 5.74) is 1.42. The van der Waals surface area contributed by atoms with Crippen LogP contribution in [-0.2, 0) is 0 Å². The van der Waals surface area contributed by atoms with Crippen molar-refractivity contribution >= 4 is 0 Å². The van der Waals surface area contributed by atoms with Crippen LogP contribution < -0.4 is 0 Å². The SMILES string of the molecule is C=C(C1CC1)N1CC(C)CC1C. The Bertz CT molecular complexity index is 193. The number of hydrogen-bond acceptors (Lipinski definition) is 1. The van der Waals surface area contributed by atoms with Gasteiger partial charge in [-0.15, -0.1) is 0 Å². The minimum absolute atomic E-state index is 0.744. The summed E-state index contributed by atoms with van der Waals surface area (Å²) in [6.07, 6.45) is 4.12. The van der Waals surface area contributed by atoms with Crippen LogP contribution in [-0.4, -0.2) is 17.5 Å². The van der Waals surface area contributed by atoms with E-state index in [-0.39, 0.29) is 0 Å². The van der Waals surface area contributed by atoms with Crippen LogP contribution in [0.4, 0.5) is 0 Å². The molecule has 68 valence electrons. The molecule has 2 unspecified atom stereocenters. The van der Waals surface area contributed by atoms with E-state index in [4.69, 9.17) is 0 Å². The molecule has 1 aliphatic carbocycles. The second-order valence-corrected chi connectivity index (χ2v) is 4.61. The van der Waals surface area contributed by atoms with Gasteiger partial charge in [0.2, 0.25) is 0 Å². The van der Waals surface area contributed by atoms with Crippen LogP contribution in [0.5, 0.6) is 0 Å². The van der Waals surface area contributed by atoms with Gasteiger partial charge in [0.15, 0.2) is 0 Å². The van der Waals surface area contributed by atoms with E-state index in [0.29, 0.717) is 0 Å². The predicted octanol–water partition coefficient (Wildman–Crippen LogP) is 2.64. The third-order valence-electron chi connectivity index (χ3n) is 3.20. The first kappa shape index (κ1) is 8.15. The summed E-state index contributed by atoms with van der Waals surface area (Å²) in [7, 11) is 0. The zero-order chi connectivity index (χ0) is 8.72. The lowest BCUT2D eigenvalue weighted by Gasteiger charge is -2.25. The van der Waals surface area contributed by atoms with E-state index in [1.54, 1.807) is 0 Å². The Morgan fingerprint density at radius 1 is 1.33 bits per heavy atom. The molecule has 1 heterocycles. The first-order valence-electron chi connectivity index (χ1n) is 5.14. The number of allylic oxidation sites excluding steroid dienone is 1. The number of hydrogen-bond donors (Lipinski definition) is 0. The minimum Gasteiger partial charge on any atom is -0.372 e. The topological polar surface area (TPSA) is 3.24 Å². The molecule has 0 spiro atoms. The molecule has 1 aliphatic heterocycles. The van der Waals surface area contributed by atoms with Gasteiger partial charge in [0, 0.05) is 18.3 Å². The highest BCUT2D eigenvalue weighted by Crippen LogP contribution is 2.40. The maximum absolute atomic E-state index is 4.21. The maximum Gasteiger partial charge on any atom is 0.0261 e. The lowest BCUT2D eigenvalue weighted by Crippen LogP contribution is -2.26. The Morgan fingerprint density at radius 2 is 2.00 bits per heavy atom. The van der Waals surface area contributed by atoms with Crippen LogP contribution in [0.1, 0.15) is 33.1 Å². The van der Waals surface area contributed by atoms with Gasteiger partial charge in [-0.2, -0.15) is 0 Å². The van der Waals surface area contributed by atoms with Gasteiger partial charge in [0.05, 0.1) is 0 Å². The van der Waals surface area contributed by atoms with Crippen LogP contribution in [0.2, 0.25) is 0 Å². The average molecular weight is 165 g/mol. The van der Waals surface area contributed by atoms with E-state index < -0.39 is 0 Å². The minimum atomic E-state index is 0.744. The highest BCUT2D eigenvalue weighted by Gasteiger charge is 2.34. The van der Waals surface area contributed by atoms with Gasteiger partial charge in [-0.1, -0.05) is 13.5 Å². The fourth-order valence-electron chi connectivity index (χ4n) is 2.35. The molecule has 1 nitrogen and oxygen atoms in total. The van der Waals surface area contributed by atoms with E-state index in [2.05, 4.69) is 25.3 Å². The Hall–Kier alpha value is -0.460. The van der Waals surface area contributed by atoms with Crippen molar-refractivity contribution in [3.05, 3.63) is 12.3 Å². The van der Waals surface area contributed by atoms with Crippen molar-refractivity contribution in [3.8, 4) is 0 Å². The third kappa shape index (κ3) is 1.37. The predicted molar refractivity (Wildman–Crippen MR) is 51.8 cm³/mol. The quantitative estimate of drug-likeness (QED) is 0.608. The lowest BCUT2D eigenvalue weighted by molar-refractivity contribution is 0.321. The molecule has 2 fully saturated rings. The molecule has 0 N–H and O–H groups in total. The molecule has 1 saturated heterocycles. The van der Waals surface area contributed by atoms with Crippen molar-refractivity contribution in [2.75, 3.05) is 6.54 Å².